The predicted octanol–water partition coefficient (Wildman–Crippen LogP) is 0.710. The maximum absolute atomic E-state index is 8.39. The summed E-state index contributed by atoms with van der Waals surface area (Å²) in [6.45, 7) is 5.78. The van der Waals surface area contributed by atoms with E-state index in [0.29, 0.717) is 5.25 Å². The second-order valence-corrected chi connectivity index (χ2v) is 4.41. The summed E-state index contributed by atoms with van der Waals surface area (Å²) in [7, 11) is 0. The second-order valence-electron chi connectivity index (χ2n) is 3.13. The molecule has 0 aromatic heterocycles. The zero-order chi connectivity index (χ0) is 10.3. The van der Waals surface area contributed by atoms with Crippen LogP contribution < -0.4 is 11.1 Å². The van der Waals surface area contributed by atoms with Crippen LogP contribution in [0.5, 0.6) is 0 Å². The summed E-state index contributed by atoms with van der Waals surface area (Å²) in [6.07, 6.45) is 2.08. The Morgan fingerprint density at radius 1 is 1.54 bits per heavy atom. The number of hydrogen-bond donors (Lipinski definition) is 3. The minimum atomic E-state index is 0.0825. The second kappa shape index (κ2) is 7.03. The lowest BCUT2D eigenvalue weighted by Crippen LogP contribution is -2.33. The molecule has 13 heavy (non-hydrogen) atoms. The third kappa shape index (κ3) is 5.76. The SMILES string of the molecule is CSC(C)CNCC(C)C(N)=NO. The van der Waals surface area contributed by atoms with Gasteiger partial charge in [0.1, 0.15) is 5.84 Å². The fourth-order valence-corrected chi connectivity index (χ4v) is 1.07. The molecule has 0 heterocycles. The van der Waals surface area contributed by atoms with E-state index in [-0.39, 0.29) is 11.8 Å². The Kier molecular flexibility index (Phi) is 6.80. The van der Waals surface area contributed by atoms with E-state index in [4.69, 9.17) is 10.9 Å². The van der Waals surface area contributed by atoms with Crippen molar-refractivity contribution in [2.24, 2.45) is 16.8 Å². The summed E-state index contributed by atoms with van der Waals surface area (Å²) in [5.74, 6) is 0.364. The van der Waals surface area contributed by atoms with Gasteiger partial charge in [0, 0.05) is 24.3 Å². The molecule has 0 saturated heterocycles. The van der Waals surface area contributed by atoms with Crippen molar-refractivity contribution in [1.82, 2.24) is 5.32 Å². The fourth-order valence-electron chi connectivity index (χ4n) is 0.790. The highest BCUT2D eigenvalue weighted by molar-refractivity contribution is 7.99. The molecule has 0 radical (unpaired) electrons. The summed E-state index contributed by atoms with van der Waals surface area (Å²) in [6, 6.07) is 0. The van der Waals surface area contributed by atoms with Crippen molar-refractivity contribution < 1.29 is 5.21 Å². The Balaban J connectivity index is 3.53. The fraction of sp³-hybridized carbons (Fsp3) is 0.875. The molecular formula is C8H19N3OS. The minimum Gasteiger partial charge on any atom is -0.409 e. The van der Waals surface area contributed by atoms with E-state index >= 15 is 0 Å². The average Bonchev–Trinajstić information content (AvgIpc) is 2.15. The predicted molar refractivity (Wildman–Crippen MR) is 58.4 cm³/mol. The lowest BCUT2D eigenvalue weighted by atomic mass is 10.1. The number of hydrogen-bond acceptors (Lipinski definition) is 4. The zero-order valence-electron chi connectivity index (χ0n) is 8.45. The smallest absolute Gasteiger partial charge is 0.143 e. The minimum absolute atomic E-state index is 0.0825. The standard InChI is InChI=1S/C8H19N3OS/c1-6(8(9)11-12)4-10-5-7(2)13-3/h6-7,10,12H,4-5H2,1-3H3,(H2,9,11). The van der Waals surface area contributed by atoms with Gasteiger partial charge in [0.15, 0.2) is 0 Å². The van der Waals surface area contributed by atoms with E-state index in [9.17, 15) is 0 Å². The van der Waals surface area contributed by atoms with Gasteiger partial charge in [-0.1, -0.05) is 19.0 Å². The molecule has 0 aromatic rings. The van der Waals surface area contributed by atoms with Gasteiger partial charge < -0.3 is 16.3 Å². The molecule has 0 aliphatic carbocycles. The van der Waals surface area contributed by atoms with Gasteiger partial charge in [-0.2, -0.15) is 11.8 Å². The number of nitrogens with zero attached hydrogens (tertiary/aromatic N) is 1. The number of nitrogens with two attached hydrogens (primary N) is 1. The van der Waals surface area contributed by atoms with E-state index in [2.05, 4.69) is 23.7 Å². The molecule has 2 atom stereocenters. The first-order valence-electron chi connectivity index (χ1n) is 4.32. The van der Waals surface area contributed by atoms with Gasteiger partial charge in [0.2, 0.25) is 0 Å². The van der Waals surface area contributed by atoms with Gasteiger partial charge in [-0.25, -0.2) is 0 Å². The zero-order valence-corrected chi connectivity index (χ0v) is 9.27. The third-order valence-electron chi connectivity index (χ3n) is 1.91. The molecule has 0 fully saturated rings. The highest BCUT2D eigenvalue weighted by Gasteiger charge is 2.07. The van der Waals surface area contributed by atoms with Crippen LogP contribution in [0, 0.1) is 5.92 Å². The Morgan fingerprint density at radius 3 is 2.62 bits per heavy atom. The van der Waals surface area contributed by atoms with Crippen LogP contribution >= 0.6 is 11.8 Å². The molecule has 0 aliphatic heterocycles. The van der Waals surface area contributed by atoms with Crippen molar-refractivity contribution in [3.63, 3.8) is 0 Å². The van der Waals surface area contributed by atoms with Gasteiger partial charge in [0.05, 0.1) is 0 Å². The number of oxime groups is 1. The van der Waals surface area contributed by atoms with E-state index in [1.807, 2.05) is 18.7 Å². The molecule has 78 valence electrons. The van der Waals surface area contributed by atoms with Gasteiger partial charge in [0.25, 0.3) is 0 Å². The summed E-state index contributed by atoms with van der Waals surface area (Å²) in [5.41, 5.74) is 5.42. The molecule has 0 aromatic carbocycles. The van der Waals surface area contributed by atoms with Crippen LogP contribution in [0.25, 0.3) is 0 Å². The largest absolute Gasteiger partial charge is 0.409 e. The average molecular weight is 205 g/mol. The van der Waals surface area contributed by atoms with Crippen LogP contribution in [-0.2, 0) is 0 Å². The first-order chi connectivity index (χ1) is 6.11. The molecule has 5 heteroatoms. The van der Waals surface area contributed by atoms with Gasteiger partial charge in [-0.3, -0.25) is 0 Å². The molecule has 0 spiro atoms. The monoisotopic (exact) mass is 205 g/mol. The van der Waals surface area contributed by atoms with E-state index in [0.717, 1.165) is 13.1 Å². The molecule has 0 bridgehead atoms. The molecule has 0 aliphatic rings. The summed E-state index contributed by atoms with van der Waals surface area (Å²) in [5, 5.41) is 15.2. The lowest BCUT2D eigenvalue weighted by Gasteiger charge is -2.13. The summed E-state index contributed by atoms with van der Waals surface area (Å²) in [4.78, 5) is 0. The van der Waals surface area contributed by atoms with E-state index < -0.39 is 0 Å². The summed E-state index contributed by atoms with van der Waals surface area (Å²) < 4.78 is 0. The Labute approximate surface area is 84.0 Å². The lowest BCUT2D eigenvalue weighted by molar-refractivity contribution is 0.314. The van der Waals surface area contributed by atoms with E-state index in [1.165, 1.54) is 0 Å². The number of nitrogens with one attached hydrogen (secondary N) is 1. The van der Waals surface area contributed by atoms with Crippen LogP contribution in [0.1, 0.15) is 13.8 Å². The van der Waals surface area contributed by atoms with Crippen LogP contribution in [0.3, 0.4) is 0 Å². The molecule has 4 nitrogen and oxygen atoms in total. The van der Waals surface area contributed by atoms with Crippen molar-refractivity contribution in [1.29, 1.82) is 0 Å². The Morgan fingerprint density at radius 2 is 2.15 bits per heavy atom. The third-order valence-corrected chi connectivity index (χ3v) is 2.88. The normalized spacial score (nSPS) is 17.0. The quantitative estimate of drug-likeness (QED) is 0.258. The number of thioether (sulfide) groups is 1. The maximum Gasteiger partial charge on any atom is 0.143 e. The van der Waals surface area contributed by atoms with Crippen LogP contribution in [0.15, 0.2) is 5.16 Å². The highest BCUT2D eigenvalue weighted by Crippen LogP contribution is 2.02. The van der Waals surface area contributed by atoms with E-state index in [1.54, 1.807) is 0 Å². The van der Waals surface area contributed by atoms with Crippen molar-refractivity contribution >= 4 is 17.6 Å². The molecular weight excluding hydrogens is 186 g/mol. The van der Waals surface area contributed by atoms with Gasteiger partial charge in [-0.05, 0) is 6.26 Å². The number of amidine groups is 1. The molecule has 0 rings (SSSR count). The first-order valence-corrected chi connectivity index (χ1v) is 5.61. The molecule has 0 saturated carbocycles. The van der Waals surface area contributed by atoms with Gasteiger partial charge >= 0.3 is 0 Å². The van der Waals surface area contributed by atoms with Crippen molar-refractivity contribution in [2.45, 2.75) is 19.1 Å². The Bertz CT molecular complexity index is 163. The number of rotatable bonds is 6. The molecule has 0 amide bonds. The van der Waals surface area contributed by atoms with Crippen molar-refractivity contribution in [2.75, 3.05) is 19.3 Å². The maximum atomic E-state index is 8.39. The highest BCUT2D eigenvalue weighted by atomic mass is 32.2. The molecule has 4 N–H and O–H groups in total. The van der Waals surface area contributed by atoms with Crippen molar-refractivity contribution in [3.05, 3.63) is 0 Å². The van der Waals surface area contributed by atoms with Crippen LogP contribution in [0.2, 0.25) is 0 Å². The van der Waals surface area contributed by atoms with Crippen LogP contribution in [0.4, 0.5) is 0 Å². The first kappa shape index (κ1) is 12.6. The van der Waals surface area contributed by atoms with Gasteiger partial charge in [-0.15, -0.1) is 0 Å². The Hall–Kier alpha value is -0.420. The van der Waals surface area contributed by atoms with Crippen molar-refractivity contribution in [3.8, 4) is 0 Å². The van der Waals surface area contributed by atoms with Crippen LogP contribution in [-0.4, -0.2) is 35.6 Å². The summed E-state index contributed by atoms with van der Waals surface area (Å²) >= 11 is 1.82. The molecule has 2 unspecified atom stereocenters. The topological polar surface area (TPSA) is 70.6 Å².